The van der Waals surface area contributed by atoms with Crippen molar-refractivity contribution >= 4 is 19.7 Å². The second kappa shape index (κ2) is 7.18. The highest BCUT2D eigenvalue weighted by atomic mass is 16.4. The molecular formula is C18H24BN3O3. The van der Waals surface area contributed by atoms with E-state index >= 15 is 0 Å². The Labute approximate surface area is 149 Å². The van der Waals surface area contributed by atoms with Crippen LogP contribution in [0.3, 0.4) is 0 Å². The number of fused-ring (bicyclic) bond motifs is 1. The van der Waals surface area contributed by atoms with E-state index in [-0.39, 0.29) is 24.4 Å². The van der Waals surface area contributed by atoms with Gasteiger partial charge in [-0.05, 0) is 24.0 Å². The molecule has 0 saturated carbocycles. The van der Waals surface area contributed by atoms with Gasteiger partial charge in [0.2, 0.25) is 5.91 Å². The van der Waals surface area contributed by atoms with Crippen LogP contribution in [-0.2, 0) is 22.6 Å². The highest BCUT2D eigenvalue weighted by Crippen LogP contribution is 2.31. The number of amides is 1. The fourth-order valence-corrected chi connectivity index (χ4v) is 3.91. The average molecular weight is 341 g/mol. The van der Waals surface area contributed by atoms with E-state index in [0.717, 1.165) is 5.56 Å². The molecule has 25 heavy (non-hydrogen) atoms. The molecule has 1 aromatic carbocycles. The fraction of sp³-hybridized carbons (Fsp3) is 0.556. The van der Waals surface area contributed by atoms with Crippen LogP contribution in [0.1, 0.15) is 24.0 Å². The quantitative estimate of drug-likeness (QED) is 0.670. The van der Waals surface area contributed by atoms with Crippen LogP contribution in [-0.4, -0.2) is 54.4 Å². The van der Waals surface area contributed by atoms with E-state index in [1.165, 1.54) is 5.56 Å². The molecule has 7 heteroatoms. The van der Waals surface area contributed by atoms with Crippen molar-refractivity contribution < 1.29 is 14.7 Å². The average Bonchev–Trinajstić information content (AvgIpc) is 2.97. The molecule has 0 spiro atoms. The summed E-state index contributed by atoms with van der Waals surface area (Å²) >= 11 is 0. The first-order valence-electron chi connectivity index (χ1n) is 8.77. The summed E-state index contributed by atoms with van der Waals surface area (Å²) in [6.07, 6.45) is 2.42. The highest BCUT2D eigenvalue weighted by molar-refractivity contribution is 6.08. The summed E-state index contributed by atoms with van der Waals surface area (Å²) in [5.74, 6) is -1.39. The van der Waals surface area contributed by atoms with Gasteiger partial charge in [-0.25, -0.2) is 0 Å². The summed E-state index contributed by atoms with van der Waals surface area (Å²) < 4.78 is 0. The minimum absolute atomic E-state index is 0.0518. The van der Waals surface area contributed by atoms with E-state index < -0.39 is 11.5 Å². The monoisotopic (exact) mass is 341 g/mol. The number of carbonyl (C=O) groups excluding carboxylic acids is 1. The van der Waals surface area contributed by atoms with Gasteiger partial charge in [-0.3, -0.25) is 9.59 Å². The number of nitrogens with one attached hydrogen (secondary N) is 1. The Hall–Kier alpha value is -1.86. The number of nitrogens with two attached hydrogens (primary N) is 1. The van der Waals surface area contributed by atoms with Gasteiger partial charge in [-0.2, -0.15) is 0 Å². The van der Waals surface area contributed by atoms with Crippen LogP contribution >= 0.6 is 0 Å². The zero-order valence-corrected chi connectivity index (χ0v) is 14.3. The van der Waals surface area contributed by atoms with Crippen molar-refractivity contribution in [3.05, 3.63) is 35.4 Å². The molecule has 1 aromatic rings. The van der Waals surface area contributed by atoms with Gasteiger partial charge in [0.1, 0.15) is 5.54 Å². The van der Waals surface area contributed by atoms with Crippen LogP contribution in [0, 0.1) is 5.92 Å². The Morgan fingerprint density at radius 3 is 2.76 bits per heavy atom. The first-order valence-corrected chi connectivity index (χ1v) is 8.77. The molecule has 2 heterocycles. The predicted molar refractivity (Wildman–Crippen MR) is 95.2 cm³/mol. The number of carboxylic acids is 1. The van der Waals surface area contributed by atoms with Crippen LogP contribution in [0.5, 0.6) is 0 Å². The Balaban J connectivity index is 1.72. The first kappa shape index (κ1) is 18.0. The molecule has 3 rings (SSSR count). The van der Waals surface area contributed by atoms with Crippen molar-refractivity contribution in [1.82, 2.24) is 10.2 Å². The molecule has 2 radical (unpaired) electrons. The third-order valence-electron chi connectivity index (χ3n) is 5.47. The molecule has 132 valence electrons. The molecule has 0 bridgehead atoms. The van der Waals surface area contributed by atoms with Crippen LogP contribution in [0.2, 0.25) is 6.32 Å². The van der Waals surface area contributed by atoms with Gasteiger partial charge in [0.15, 0.2) is 0 Å². The van der Waals surface area contributed by atoms with Crippen molar-refractivity contribution in [2.75, 3.05) is 13.1 Å². The largest absolute Gasteiger partial charge is 0.480 e. The molecule has 3 atom stereocenters. The maximum atomic E-state index is 12.9. The van der Waals surface area contributed by atoms with Crippen molar-refractivity contribution in [3.63, 3.8) is 0 Å². The van der Waals surface area contributed by atoms with E-state index in [1.807, 2.05) is 18.2 Å². The lowest BCUT2D eigenvalue weighted by molar-refractivity contribution is -0.144. The maximum Gasteiger partial charge on any atom is 0.325 e. The van der Waals surface area contributed by atoms with E-state index in [9.17, 15) is 14.7 Å². The third-order valence-corrected chi connectivity index (χ3v) is 5.47. The molecule has 0 aliphatic carbocycles. The Kier molecular flexibility index (Phi) is 5.15. The van der Waals surface area contributed by atoms with Crippen LogP contribution in [0.4, 0.5) is 0 Å². The highest BCUT2D eigenvalue weighted by Gasteiger charge is 2.51. The molecule has 1 fully saturated rings. The molecule has 6 nitrogen and oxygen atoms in total. The van der Waals surface area contributed by atoms with Crippen LogP contribution in [0.25, 0.3) is 0 Å². The molecule has 1 amide bonds. The van der Waals surface area contributed by atoms with Crippen molar-refractivity contribution in [1.29, 1.82) is 0 Å². The van der Waals surface area contributed by atoms with Crippen LogP contribution in [0.15, 0.2) is 24.3 Å². The number of nitrogens with zero attached hydrogens (tertiary/aromatic N) is 1. The van der Waals surface area contributed by atoms with Crippen molar-refractivity contribution in [3.8, 4) is 0 Å². The lowest BCUT2D eigenvalue weighted by Gasteiger charge is -2.29. The Morgan fingerprint density at radius 1 is 1.36 bits per heavy atom. The molecule has 3 unspecified atom stereocenters. The second-order valence-electron chi connectivity index (χ2n) is 7.10. The first-order chi connectivity index (χ1) is 12.0. The second-order valence-corrected chi connectivity index (χ2v) is 7.10. The Morgan fingerprint density at radius 2 is 2.08 bits per heavy atom. The van der Waals surface area contributed by atoms with Gasteiger partial charge in [0.25, 0.3) is 0 Å². The Bertz CT molecular complexity index is 669. The lowest BCUT2D eigenvalue weighted by Crippen LogP contribution is -2.56. The number of likely N-dealkylation sites (tertiary alicyclic amines) is 1. The molecule has 2 aliphatic rings. The minimum Gasteiger partial charge on any atom is -0.480 e. The zero-order chi connectivity index (χ0) is 18.0. The topological polar surface area (TPSA) is 95.7 Å². The molecule has 2 aliphatic heterocycles. The lowest BCUT2D eigenvalue weighted by atomic mass is 9.83. The van der Waals surface area contributed by atoms with Gasteiger partial charge in [-0.1, -0.05) is 37.0 Å². The molecular weight excluding hydrogens is 317 g/mol. The number of benzene rings is 1. The van der Waals surface area contributed by atoms with Crippen LogP contribution < -0.4 is 11.1 Å². The van der Waals surface area contributed by atoms with Gasteiger partial charge < -0.3 is 21.1 Å². The van der Waals surface area contributed by atoms with Crippen molar-refractivity contribution in [2.24, 2.45) is 11.7 Å². The van der Waals surface area contributed by atoms with E-state index in [1.54, 1.807) is 4.90 Å². The predicted octanol–water partition coefficient (Wildman–Crippen LogP) is 0.308. The fourth-order valence-electron chi connectivity index (χ4n) is 3.91. The zero-order valence-electron chi connectivity index (χ0n) is 14.3. The number of hydrogen-bond donors (Lipinski definition) is 3. The van der Waals surface area contributed by atoms with Gasteiger partial charge >= 0.3 is 5.97 Å². The SMILES string of the molecule is [B]CCCC1CN(C(=O)C2Cc3ccccc3CN2)CC1(N)C(=O)O. The summed E-state index contributed by atoms with van der Waals surface area (Å²) in [6.45, 7) is 1.07. The summed E-state index contributed by atoms with van der Waals surface area (Å²) in [6, 6.07) is 7.72. The molecule has 1 saturated heterocycles. The smallest absolute Gasteiger partial charge is 0.325 e. The van der Waals surface area contributed by atoms with E-state index in [4.69, 9.17) is 13.6 Å². The summed E-state index contributed by atoms with van der Waals surface area (Å²) in [4.78, 5) is 26.2. The number of hydrogen-bond acceptors (Lipinski definition) is 4. The number of carbonyl (C=O) groups is 2. The summed E-state index contributed by atoms with van der Waals surface area (Å²) in [5.41, 5.74) is 7.14. The van der Waals surface area contributed by atoms with Gasteiger partial charge in [0, 0.05) is 25.6 Å². The normalized spacial score (nSPS) is 28.6. The van der Waals surface area contributed by atoms with E-state index in [0.29, 0.717) is 38.7 Å². The standard InChI is InChI=1S/C18H24BN3O3/c19-7-3-6-14-10-22(11-18(14,20)17(24)25)16(23)15-8-12-4-1-2-5-13(12)9-21-15/h1-2,4-5,14-15,21H,3,6-11,20H2,(H,24,25). The molecule has 0 aromatic heterocycles. The molecule has 4 N–H and O–H groups in total. The van der Waals surface area contributed by atoms with Gasteiger partial charge in [-0.15, -0.1) is 0 Å². The van der Waals surface area contributed by atoms with E-state index in [2.05, 4.69) is 11.4 Å². The summed E-state index contributed by atoms with van der Waals surface area (Å²) in [7, 11) is 5.55. The number of carboxylic acid groups (broad SMARTS) is 1. The number of rotatable bonds is 5. The minimum atomic E-state index is -1.39. The third kappa shape index (κ3) is 3.44. The number of aliphatic carboxylic acids is 1. The van der Waals surface area contributed by atoms with Gasteiger partial charge in [0.05, 0.1) is 13.9 Å². The maximum absolute atomic E-state index is 12.9. The van der Waals surface area contributed by atoms with Crippen molar-refractivity contribution in [2.45, 2.75) is 43.7 Å². The summed E-state index contributed by atoms with van der Waals surface area (Å²) in [5, 5.41) is 12.8.